The van der Waals surface area contributed by atoms with Crippen molar-refractivity contribution in [3.63, 3.8) is 0 Å². The Kier molecular flexibility index (Phi) is 7.77. The maximum atomic E-state index is 14.3. The molecule has 0 saturated carbocycles. The molecular formula is C18H14F2N2O9S. The highest BCUT2D eigenvalue weighted by molar-refractivity contribution is 7.89. The third-order valence-electron chi connectivity index (χ3n) is 4.17. The van der Waals surface area contributed by atoms with Crippen molar-refractivity contribution < 1.29 is 42.2 Å². The van der Waals surface area contributed by atoms with Gasteiger partial charge in [-0.2, -0.15) is 0 Å². The highest BCUT2D eigenvalue weighted by Gasteiger charge is 2.28. The normalized spacial score (nSPS) is 10.7. The number of nitro benzene ring substituents is 2. The van der Waals surface area contributed by atoms with Crippen LogP contribution in [-0.4, -0.2) is 40.6 Å². The summed E-state index contributed by atoms with van der Waals surface area (Å²) in [4.78, 5) is 43.7. The monoisotopic (exact) mass is 472 g/mol. The molecule has 2 aromatic rings. The summed E-state index contributed by atoms with van der Waals surface area (Å²) in [5.74, 6) is -5.72. The van der Waals surface area contributed by atoms with Gasteiger partial charge in [0.15, 0.2) is 0 Å². The quantitative estimate of drug-likeness (QED) is 0.243. The lowest BCUT2D eigenvalue weighted by molar-refractivity contribution is -0.385. The van der Waals surface area contributed by atoms with Gasteiger partial charge in [0.1, 0.15) is 34.3 Å². The molecule has 0 aromatic heterocycles. The maximum absolute atomic E-state index is 14.3. The maximum Gasteiger partial charge on any atom is 0.344 e. The van der Waals surface area contributed by atoms with Crippen LogP contribution < -0.4 is 0 Å². The first-order valence-electron chi connectivity index (χ1n) is 8.45. The number of carbonyl (C=O) groups is 2. The van der Waals surface area contributed by atoms with Crippen molar-refractivity contribution in [2.24, 2.45) is 0 Å². The predicted octanol–water partition coefficient (Wildman–Crippen LogP) is 2.80. The fraction of sp³-hybridized carbons (Fsp3) is 0.222. The molecule has 170 valence electrons. The summed E-state index contributed by atoms with van der Waals surface area (Å²) in [5.41, 5.74) is -3.66. The minimum Gasteiger partial charge on any atom is -0.616 e. The summed E-state index contributed by atoms with van der Waals surface area (Å²) >= 11 is -2.08. The average Bonchev–Trinajstić information content (AvgIpc) is 2.74. The van der Waals surface area contributed by atoms with Gasteiger partial charge in [0.05, 0.1) is 24.1 Å². The summed E-state index contributed by atoms with van der Waals surface area (Å²) in [6.45, 7) is 0. The van der Waals surface area contributed by atoms with E-state index in [-0.39, 0.29) is 0 Å². The van der Waals surface area contributed by atoms with Gasteiger partial charge in [-0.3, -0.25) is 20.2 Å². The minimum atomic E-state index is -2.08. The smallest absolute Gasteiger partial charge is 0.344 e. The molecule has 0 radical (unpaired) electrons. The van der Waals surface area contributed by atoms with Crippen LogP contribution in [0.4, 0.5) is 20.2 Å². The van der Waals surface area contributed by atoms with E-state index in [1.807, 2.05) is 0 Å². The molecule has 0 atom stereocenters. The molecule has 0 saturated heterocycles. The lowest BCUT2D eigenvalue weighted by Crippen LogP contribution is -2.14. The van der Waals surface area contributed by atoms with Crippen LogP contribution >= 0.6 is 0 Å². The highest BCUT2D eigenvalue weighted by Crippen LogP contribution is 2.28. The number of nitro groups is 2. The largest absolute Gasteiger partial charge is 0.616 e. The topological polar surface area (TPSA) is 162 Å². The second-order valence-electron chi connectivity index (χ2n) is 6.15. The first-order chi connectivity index (χ1) is 15.0. The molecule has 2 aromatic carbocycles. The van der Waals surface area contributed by atoms with Gasteiger partial charge in [-0.05, 0) is 23.3 Å². The van der Waals surface area contributed by atoms with Gasteiger partial charge in [0.2, 0.25) is 0 Å². The van der Waals surface area contributed by atoms with Crippen molar-refractivity contribution in [2.45, 2.75) is 11.5 Å². The number of hydrogen-bond acceptors (Lipinski definition) is 9. The van der Waals surface area contributed by atoms with Crippen LogP contribution in [0.3, 0.4) is 0 Å². The summed E-state index contributed by atoms with van der Waals surface area (Å²) in [7, 11) is 1.90. The van der Waals surface area contributed by atoms with Crippen molar-refractivity contribution in [3.8, 4) is 0 Å². The third-order valence-corrected chi connectivity index (χ3v) is 5.43. The summed E-state index contributed by atoms with van der Waals surface area (Å²) in [6, 6.07) is 2.54. The van der Waals surface area contributed by atoms with Crippen molar-refractivity contribution in [1.82, 2.24) is 0 Å². The molecule has 0 aliphatic rings. The van der Waals surface area contributed by atoms with E-state index >= 15 is 0 Å². The summed E-state index contributed by atoms with van der Waals surface area (Å²) in [5, 5.41) is 22.4. The number of rotatable bonds is 8. The Morgan fingerprint density at radius 1 is 0.844 bits per heavy atom. The zero-order valence-corrected chi connectivity index (χ0v) is 17.3. The Balaban J connectivity index is 2.36. The fourth-order valence-corrected chi connectivity index (χ4v) is 3.92. The van der Waals surface area contributed by atoms with Gasteiger partial charge in [0.25, 0.3) is 11.4 Å². The van der Waals surface area contributed by atoms with Gasteiger partial charge in [-0.25, -0.2) is 18.4 Å². The Bertz CT molecular complexity index is 1020. The van der Waals surface area contributed by atoms with E-state index in [4.69, 9.17) is 0 Å². The van der Waals surface area contributed by atoms with Gasteiger partial charge in [-0.15, -0.1) is 0 Å². The second-order valence-corrected chi connectivity index (χ2v) is 7.60. The second kappa shape index (κ2) is 10.1. The number of benzene rings is 2. The van der Waals surface area contributed by atoms with E-state index in [0.29, 0.717) is 24.3 Å². The molecule has 0 heterocycles. The molecule has 0 fully saturated rings. The number of esters is 2. The summed E-state index contributed by atoms with van der Waals surface area (Å²) < 4.78 is 49.9. The van der Waals surface area contributed by atoms with Crippen molar-refractivity contribution >= 4 is 34.5 Å². The zero-order valence-electron chi connectivity index (χ0n) is 16.5. The van der Waals surface area contributed by atoms with Gasteiger partial charge >= 0.3 is 11.9 Å². The molecule has 14 heteroatoms. The molecule has 0 unspecified atom stereocenters. The van der Waals surface area contributed by atoms with Gasteiger partial charge in [0, 0.05) is 23.3 Å². The molecule has 0 amide bonds. The van der Waals surface area contributed by atoms with E-state index in [1.54, 1.807) is 0 Å². The van der Waals surface area contributed by atoms with Crippen LogP contribution in [0.15, 0.2) is 24.3 Å². The Morgan fingerprint density at radius 2 is 1.19 bits per heavy atom. The fourth-order valence-electron chi connectivity index (χ4n) is 2.68. The van der Waals surface area contributed by atoms with Gasteiger partial charge in [-0.1, -0.05) is 0 Å². The van der Waals surface area contributed by atoms with Crippen LogP contribution in [0.25, 0.3) is 0 Å². The first kappa shape index (κ1) is 24.6. The standard InChI is InChI=1S/C18H14F2N2O9S/c1-30-17(23)11-5-13(19)9(3-15(11)21(25)26)7-32(29)8-10-4-16(22(27)28)12(6-14(10)20)18(24)31-2/h3-6H,7-8H2,1-2H3. The SMILES string of the molecule is COC(=O)c1cc(F)c(C[S+]([O-])Cc2cc([N+](=O)[O-])c(C(=O)OC)cc2F)cc1[N+](=O)[O-]. The van der Waals surface area contributed by atoms with Crippen LogP contribution in [-0.2, 0) is 32.2 Å². The number of halogens is 2. The van der Waals surface area contributed by atoms with Crippen LogP contribution in [0, 0.1) is 31.9 Å². The van der Waals surface area contributed by atoms with Gasteiger partial charge < -0.3 is 14.0 Å². The number of hydrogen-bond donors (Lipinski definition) is 0. The van der Waals surface area contributed by atoms with E-state index in [9.17, 15) is 43.2 Å². The molecule has 0 aliphatic carbocycles. The molecule has 2 rings (SSSR count). The Morgan fingerprint density at radius 3 is 1.47 bits per heavy atom. The van der Waals surface area contributed by atoms with E-state index in [0.717, 1.165) is 14.2 Å². The first-order valence-corrected chi connectivity index (χ1v) is 9.94. The molecule has 0 spiro atoms. The van der Waals surface area contributed by atoms with Crippen molar-refractivity contribution in [3.05, 3.63) is 78.4 Å². The van der Waals surface area contributed by atoms with E-state index in [2.05, 4.69) is 9.47 Å². The summed E-state index contributed by atoms with van der Waals surface area (Å²) in [6.07, 6.45) is 0. The lowest BCUT2D eigenvalue weighted by Gasteiger charge is -2.13. The number of ether oxygens (including phenoxy) is 2. The third kappa shape index (κ3) is 5.33. The number of methoxy groups -OCH3 is 2. The molecule has 0 N–H and O–H groups in total. The predicted molar refractivity (Wildman–Crippen MR) is 104 cm³/mol. The van der Waals surface area contributed by atoms with Crippen molar-refractivity contribution in [1.29, 1.82) is 0 Å². The zero-order chi connectivity index (χ0) is 24.2. The number of carbonyl (C=O) groups excluding carboxylic acids is 2. The molecular weight excluding hydrogens is 458 g/mol. The van der Waals surface area contributed by atoms with E-state index < -0.39 is 89.7 Å². The Hall–Kier alpha value is -3.65. The molecule has 0 bridgehead atoms. The Labute approximate surface area is 181 Å². The molecule has 32 heavy (non-hydrogen) atoms. The minimum absolute atomic E-state index is 0.399. The lowest BCUT2D eigenvalue weighted by atomic mass is 10.1. The van der Waals surface area contributed by atoms with Crippen LogP contribution in [0.1, 0.15) is 31.8 Å². The molecule has 11 nitrogen and oxygen atoms in total. The van der Waals surface area contributed by atoms with E-state index in [1.165, 1.54) is 0 Å². The number of nitrogens with zero attached hydrogens (tertiary/aromatic N) is 2. The molecule has 0 aliphatic heterocycles. The van der Waals surface area contributed by atoms with Crippen LogP contribution in [0.5, 0.6) is 0 Å². The van der Waals surface area contributed by atoms with Crippen molar-refractivity contribution in [2.75, 3.05) is 14.2 Å². The average molecular weight is 472 g/mol. The highest BCUT2D eigenvalue weighted by atomic mass is 32.2. The van der Waals surface area contributed by atoms with Crippen LogP contribution in [0.2, 0.25) is 0 Å².